The van der Waals surface area contributed by atoms with Crippen LogP contribution < -0.4 is 4.74 Å². The fourth-order valence-electron chi connectivity index (χ4n) is 1.19. The van der Waals surface area contributed by atoms with Crippen molar-refractivity contribution in [3.8, 4) is 5.75 Å². The van der Waals surface area contributed by atoms with Gasteiger partial charge in [0.2, 0.25) is 0 Å². The van der Waals surface area contributed by atoms with Crippen molar-refractivity contribution >= 4 is 21.6 Å². The minimum absolute atomic E-state index is 0.0429. The molecule has 0 spiro atoms. The zero-order valence-corrected chi connectivity index (χ0v) is 10.2. The summed E-state index contributed by atoms with van der Waals surface area (Å²) in [6, 6.07) is 4.71. The molecule has 0 saturated carbocycles. The van der Waals surface area contributed by atoms with Crippen molar-refractivity contribution < 1.29 is 14.4 Å². The molecule has 1 fully saturated rings. The van der Waals surface area contributed by atoms with Crippen LogP contribution in [0, 0.1) is 10.1 Å². The highest BCUT2D eigenvalue weighted by molar-refractivity contribution is 9.10. The van der Waals surface area contributed by atoms with Crippen LogP contribution in [0.3, 0.4) is 0 Å². The summed E-state index contributed by atoms with van der Waals surface area (Å²) in [6.45, 7) is 2.87. The third kappa shape index (κ3) is 2.51. The van der Waals surface area contributed by atoms with Crippen LogP contribution >= 0.6 is 15.9 Å². The van der Waals surface area contributed by atoms with Crippen LogP contribution in [-0.2, 0) is 4.74 Å². The highest BCUT2D eigenvalue weighted by Gasteiger charge is 2.40. The molecule has 1 aromatic rings. The minimum Gasteiger partial charge on any atom is -0.484 e. The maximum atomic E-state index is 10.8. The lowest BCUT2D eigenvalue weighted by Gasteiger charge is -2.09. The van der Waals surface area contributed by atoms with Crippen molar-refractivity contribution in [2.45, 2.75) is 12.5 Å². The van der Waals surface area contributed by atoms with E-state index in [1.54, 1.807) is 12.1 Å². The van der Waals surface area contributed by atoms with Crippen LogP contribution in [0.4, 0.5) is 5.69 Å². The molecule has 16 heavy (non-hydrogen) atoms. The van der Waals surface area contributed by atoms with Gasteiger partial charge in [-0.1, -0.05) is 15.9 Å². The number of hydrogen-bond donors (Lipinski definition) is 0. The van der Waals surface area contributed by atoms with Crippen LogP contribution in [-0.4, -0.2) is 23.7 Å². The van der Waals surface area contributed by atoms with E-state index in [1.165, 1.54) is 6.07 Å². The molecule has 1 aliphatic rings. The van der Waals surface area contributed by atoms with E-state index in [4.69, 9.17) is 9.47 Å². The Morgan fingerprint density at radius 1 is 1.69 bits per heavy atom. The summed E-state index contributed by atoms with van der Waals surface area (Å²) < 4.78 is 11.2. The summed E-state index contributed by atoms with van der Waals surface area (Å²) in [5.74, 6) is 0.268. The molecule has 0 aromatic heterocycles. The Balaban J connectivity index is 2.15. The predicted octanol–water partition coefficient (Wildman–Crippen LogP) is 2.53. The first-order chi connectivity index (χ1) is 7.50. The first-order valence-corrected chi connectivity index (χ1v) is 5.50. The third-order valence-electron chi connectivity index (χ3n) is 2.29. The molecule has 0 bridgehead atoms. The van der Waals surface area contributed by atoms with Gasteiger partial charge in [0.05, 0.1) is 11.5 Å². The first-order valence-electron chi connectivity index (χ1n) is 4.71. The molecular weight excluding hydrogens is 278 g/mol. The second-order valence-electron chi connectivity index (χ2n) is 3.90. The lowest BCUT2D eigenvalue weighted by Crippen LogP contribution is -2.17. The lowest BCUT2D eigenvalue weighted by atomic mass is 10.2. The molecule has 1 aromatic carbocycles. The molecule has 0 radical (unpaired) electrons. The van der Waals surface area contributed by atoms with Gasteiger partial charge in [0.25, 0.3) is 0 Å². The van der Waals surface area contributed by atoms with E-state index in [2.05, 4.69) is 15.9 Å². The normalized spacial score (nSPS) is 22.9. The van der Waals surface area contributed by atoms with Crippen LogP contribution in [0.2, 0.25) is 0 Å². The van der Waals surface area contributed by atoms with Gasteiger partial charge in [-0.3, -0.25) is 10.1 Å². The zero-order chi connectivity index (χ0) is 11.8. The third-order valence-corrected chi connectivity index (χ3v) is 2.78. The van der Waals surface area contributed by atoms with Crippen molar-refractivity contribution in [2.75, 3.05) is 13.2 Å². The van der Waals surface area contributed by atoms with Crippen molar-refractivity contribution in [1.29, 1.82) is 0 Å². The van der Waals surface area contributed by atoms with Gasteiger partial charge in [0.1, 0.15) is 12.2 Å². The molecule has 86 valence electrons. The van der Waals surface area contributed by atoms with Gasteiger partial charge < -0.3 is 9.47 Å². The molecular formula is C10H10BrNO4. The Labute approximate surface area is 101 Å². The van der Waals surface area contributed by atoms with E-state index in [1.807, 2.05) is 6.92 Å². The maximum Gasteiger partial charge on any atom is 0.312 e. The number of rotatable bonds is 4. The SMILES string of the molecule is CC1(COc2ccc(Br)cc2[N+](=O)[O-])CO1. The molecule has 1 atom stereocenters. The van der Waals surface area contributed by atoms with Gasteiger partial charge in [0.15, 0.2) is 5.75 Å². The average Bonchev–Trinajstić information content (AvgIpc) is 2.95. The van der Waals surface area contributed by atoms with Gasteiger partial charge in [-0.2, -0.15) is 0 Å². The molecule has 1 unspecified atom stereocenters. The Hall–Kier alpha value is -1.14. The minimum atomic E-state index is -0.462. The first kappa shape index (κ1) is 11.3. The molecule has 0 amide bonds. The fraction of sp³-hybridized carbons (Fsp3) is 0.400. The molecule has 0 N–H and O–H groups in total. The van der Waals surface area contributed by atoms with E-state index < -0.39 is 4.92 Å². The number of ether oxygens (including phenoxy) is 2. The van der Waals surface area contributed by atoms with Crippen molar-refractivity contribution in [1.82, 2.24) is 0 Å². The number of nitro benzene ring substituents is 1. The van der Waals surface area contributed by atoms with E-state index in [9.17, 15) is 10.1 Å². The largest absolute Gasteiger partial charge is 0.484 e. The van der Waals surface area contributed by atoms with Crippen LogP contribution in [0.5, 0.6) is 5.75 Å². The molecule has 1 saturated heterocycles. The fourth-order valence-corrected chi connectivity index (χ4v) is 1.54. The molecule has 6 heteroatoms. The highest BCUT2D eigenvalue weighted by atomic mass is 79.9. The van der Waals surface area contributed by atoms with Crippen molar-refractivity contribution in [2.24, 2.45) is 0 Å². The molecule has 1 heterocycles. The summed E-state index contributed by atoms with van der Waals surface area (Å²) in [5.41, 5.74) is -0.320. The Morgan fingerprint density at radius 3 is 2.94 bits per heavy atom. The monoisotopic (exact) mass is 287 g/mol. The number of benzene rings is 1. The van der Waals surface area contributed by atoms with Crippen LogP contribution in [0.25, 0.3) is 0 Å². The summed E-state index contributed by atoms with van der Waals surface area (Å²) in [6.07, 6.45) is 0. The summed E-state index contributed by atoms with van der Waals surface area (Å²) in [7, 11) is 0. The van der Waals surface area contributed by atoms with Crippen molar-refractivity contribution in [3.63, 3.8) is 0 Å². The van der Waals surface area contributed by atoms with E-state index in [-0.39, 0.29) is 17.0 Å². The molecule has 1 aliphatic heterocycles. The van der Waals surface area contributed by atoms with Crippen LogP contribution in [0.1, 0.15) is 6.92 Å². The Kier molecular flexibility index (Phi) is 2.86. The van der Waals surface area contributed by atoms with Gasteiger partial charge >= 0.3 is 5.69 Å². The summed E-state index contributed by atoms with van der Waals surface area (Å²) in [5, 5.41) is 10.8. The number of nitrogens with zero attached hydrogens (tertiary/aromatic N) is 1. The summed E-state index contributed by atoms with van der Waals surface area (Å²) >= 11 is 3.18. The van der Waals surface area contributed by atoms with E-state index >= 15 is 0 Å². The Morgan fingerprint density at radius 2 is 2.38 bits per heavy atom. The highest BCUT2D eigenvalue weighted by Crippen LogP contribution is 2.33. The van der Waals surface area contributed by atoms with E-state index in [0.29, 0.717) is 17.7 Å². The van der Waals surface area contributed by atoms with Gasteiger partial charge in [-0.25, -0.2) is 0 Å². The van der Waals surface area contributed by atoms with Gasteiger partial charge in [0, 0.05) is 10.5 Å². The summed E-state index contributed by atoms with van der Waals surface area (Å²) in [4.78, 5) is 10.3. The maximum absolute atomic E-state index is 10.8. The topological polar surface area (TPSA) is 64.9 Å². The zero-order valence-electron chi connectivity index (χ0n) is 8.60. The average molecular weight is 288 g/mol. The van der Waals surface area contributed by atoms with Gasteiger partial charge in [-0.15, -0.1) is 0 Å². The number of hydrogen-bond acceptors (Lipinski definition) is 4. The second-order valence-corrected chi connectivity index (χ2v) is 4.81. The number of halogens is 1. The lowest BCUT2D eigenvalue weighted by molar-refractivity contribution is -0.386. The Bertz CT molecular complexity index is 431. The second kappa shape index (κ2) is 4.03. The van der Waals surface area contributed by atoms with Gasteiger partial charge in [-0.05, 0) is 19.1 Å². The van der Waals surface area contributed by atoms with Crippen LogP contribution in [0.15, 0.2) is 22.7 Å². The molecule has 2 rings (SSSR count). The standard InChI is InChI=1S/C10H10BrNO4/c1-10(6-16-10)5-15-9-3-2-7(11)4-8(9)12(13)14/h2-4H,5-6H2,1H3. The smallest absolute Gasteiger partial charge is 0.312 e. The van der Waals surface area contributed by atoms with Crippen molar-refractivity contribution in [3.05, 3.63) is 32.8 Å². The number of nitro groups is 1. The molecule has 0 aliphatic carbocycles. The van der Waals surface area contributed by atoms with E-state index in [0.717, 1.165) is 0 Å². The molecule has 5 nitrogen and oxygen atoms in total. The number of epoxide rings is 1. The quantitative estimate of drug-likeness (QED) is 0.485. The predicted molar refractivity (Wildman–Crippen MR) is 60.6 cm³/mol.